The predicted molar refractivity (Wildman–Crippen MR) is 105 cm³/mol. The van der Waals surface area contributed by atoms with Crippen molar-refractivity contribution in [3.8, 4) is 11.5 Å². The normalized spacial score (nSPS) is 22.1. The van der Waals surface area contributed by atoms with Gasteiger partial charge in [0.25, 0.3) is 0 Å². The van der Waals surface area contributed by atoms with Crippen molar-refractivity contribution in [1.29, 1.82) is 0 Å². The van der Waals surface area contributed by atoms with E-state index in [1.54, 1.807) is 7.11 Å². The van der Waals surface area contributed by atoms with Crippen molar-refractivity contribution in [2.45, 2.75) is 44.5 Å². The summed E-state index contributed by atoms with van der Waals surface area (Å²) < 4.78 is 16.6. The van der Waals surface area contributed by atoms with Gasteiger partial charge in [0, 0.05) is 18.4 Å². The average molecular weight is 388 g/mol. The number of hydrogen-bond donors (Lipinski definition) is 3. The topological polar surface area (TPSA) is 88.4 Å². The van der Waals surface area contributed by atoms with E-state index in [1.165, 1.54) is 0 Å². The van der Waals surface area contributed by atoms with Crippen LogP contribution in [0.2, 0.25) is 0 Å². The Balaban J connectivity index is 1.87. The van der Waals surface area contributed by atoms with E-state index < -0.39 is 6.10 Å². The fourth-order valence-electron chi connectivity index (χ4n) is 3.67. The van der Waals surface area contributed by atoms with Crippen molar-refractivity contribution >= 4 is 0 Å². The van der Waals surface area contributed by atoms with Crippen molar-refractivity contribution in [2.75, 3.05) is 20.5 Å². The standard InChI is InChI=1S/C22H28O6/c1-14-7-21(26-2)20(22-11-17(25)10-19(12-23)28-22)9-16(14)8-15-3-5-18(6-4-15)27-13-24/h3-7,9,17,19,22-25H,8,10-13H2,1-2H3/t17-,19-,22+/m0/s1. The summed E-state index contributed by atoms with van der Waals surface area (Å²) in [5.74, 6) is 1.35. The van der Waals surface area contributed by atoms with E-state index in [1.807, 2.05) is 37.3 Å². The number of aliphatic hydroxyl groups excluding tert-OH is 3. The maximum absolute atomic E-state index is 10.2. The van der Waals surface area contributed by atoms with Crippen LogP contribution in [0.25, 0.3) is 0 Å². The predicted octanol–water partition coefficient (Wildman–Crippen LogP) is 2.50. The molecule has 0 aromatic heterocycles. The summed E-state index contributed by atoms with van der Waals surface area (Å²) in [7, 11) is 1.63. The van der Waals surface area contributed by atoms with Gasteiger partial charge in [-0.25, -0.2) is 0 Å². The van der Waals surface area contributed by atoms with Gasteiger partial charge >= 0.3 is 0 Å². The lowest BCUT2D eigenvalue weighted by Gasteiger charge is -2.33. The van der Waals surface area contributed by atoms with E-state index in [-0.39, 0.29) is 25.6 Å². The molecule has 0 bridgehead atoms. The van der Waals surface area contributed by atoms with Crippen LogP contribution in [0.1, 0.15) is 41.2 Å². The molecule has 1 fully saturated rings. The third-order valence-electron chi connectivity index (χ3n) is 5.17. The molecule has 6 nitrogen and oxygen atoms in total. The van der Waals surface area contributed by atoms with Crippen LogP contribution < -0.4 is 9.47 Å². The van der Waals surface area contributed by atoms with Gasteiger partial charge < -0.3 is 29.5 Å². The fraction of sp³-hybridized carbons (Fsp3) is 0.455. The van der Waals surface area contributed by atoms with Crippen LogP contribution in [0.15, 0.2) is 36.4 Å². The van der Waals surface area contributed by atoms with E-state index in [4.69, 9.17) is 19.3 Å². The number of aryl methyl sites for hydroxylation is 1. The van der Waals surface area contributed by atoms with Gasteiger partial charge in [-0.2, -0.15) is 0 Å². The minimum atomic E-state index is -0.510. The first-order valence-electron chi connectivity index (χ1n) is 9.48. The summed E-state index contributed by atoms with van der Waals surface area (Å²) in [6.07, 6.45) is 0.432. The average Bonchev–Trinajstić information content (AvgIpc) is 2.70. The highest BCUT2D eigenvalue weighted by molar-refractivity contribution is 5.46. The Bertz CT molecular complexity index is 773. The van der Waals surface area contributed by atoms with Gasteiger partial charge in [-0.1, -0.05) is 12.1 Å². The van der Waals surface area contributed by atoms with Gasteiger partial charge in [-0.05, 0) is 54.3 Å². The Hall–Kier alpha value is -2.12. The minimum absolute atomic E-state index is 0.114. The van der Waals surface area contributed by atoms with Gasteiger partial charge in [0.1, 0.15) is 11.5 Å². The zero-order valence-electron chi connectivity index (χ0n) is 16.3. The number of benzene rings is 2. The Morgan fingerprint density at radius 3 is 2.50 bits per heavy atom. The Morgan fingerprint density at radius 1 is 1.11 bits per heavy atom. The highest BCUT2D eigenvalue weighted by atomic mass is 16.6. The number of rotatable bonds is 7. The van der Waals surface area contributed by atoms with Crippen molar-refractivity contribution in [2.24, 2.45) is 0 Å². The number of methoxy groups -OCH3 is 1. The van der Waals surface area contributed by atoms with Gasteiger partial charge in [0.2, 0.25) is 0 Å². The summed E-state index contributed by atoms with van der Waals surface area (Å²) in [6, 6.07) is 11.7. The van der Waals surface area contributed by atoms with E-state index in [0.29, 0.717) is 18.6 Å². The molecule has 3 atom stereocenters. The van der Waals surface area contributed by atoms with Crippen molar-refractivity contribution in [3.63, 3.8) is 0 Å². The van der Waals surface area contributed by atoms with Gasteiger partial charge in [0.05, 0.1) is 32.0 Å². The smallest absolute Gasteiger partial charge is 0.186 e. The zero-order valence-corrected chi connectivity index (χ0v) is 16.3. The fourth-order valence-corrected chi connectivity index (χ4v) is 3.67. The molecule has 28 heavy (non-hydrogen) atoms. The molecule has 2 aromatic rings. The SMILES string of the molecule is COc1cc(C)c(Cc2ccc(OCO)cc2)cc1[C@H]1C[C@@H](O)C[C@@H](CO)O1. The quantitative estimate of drug-likeness (QED) is 0.632. The van der Waals surface area contributed by atoms with E-state index in [9.17, 15) is 10.2 Å². The van der Waals surface area contributed by atoms with Gasteiger partial charge in [0.15, 0.2) is 6.79 Å². The molecular formula is C22H28O6. The summed E-state index contributed by atoms with van der Waals surface area (Å²) in [5.41, 5.74) is 4.24. The van der Waals surface area contributed by atoms with Crippen LogP contribution >= 0.6 is 0 Å². The first-order chi connectivity index (χ1) is 13.5. The van der Waals surface area contributed by atoms with Crippen LogP contribution in [-0.2, 0) is 11.2 Å². The van der Waals surface area contributed by atoms with Crippen molar-refractivity contribution < 1.29 is 29.5 Å². The Kier molecular flexibility index (Phi) is 6.91. The molecule has 1 heterocycles. The monoisotopic (exact) mass is 388 g/mol. The summed E-state index contributed by atoms with van der Waals surface area (Å²) in [4.78, 5) is 0. The minimum Gasteiger partial charge on any atom is -0.496 e. The van der Waals surface area contributed by atoms with Crippen LogP contribution in [-0.4, -0.2) is 48.0 Å². The molecule has 0 unspecified atom stereocenters. The molecule has 1 aliphatic heterocycles. The third-order valence-corrected chi connectivity index (χ3v) is 5.17. The summed E-state index contributed by atoms with van der Waals surface area (Å²) in [5, 5.41) is 28.5. The molecule has 1 aliphatic rings. The lowest BCUT2D eigenvalue weighted by molar-refractivity contribution is -0.114. The zero-order chi connectivity index (χ0) is 20.1. The molecule has 152 valence electrons. The molecule has 0 spiro atoms. The molecule has 1 saturated heterocycles. The second-order valence-corrected chi connectivity index (χ2v) is 7.17. The maximum Gasteiger partial charge on any atom is 0.186 e. The van der Waals surface area contributed by atoms with Crippen molar-refractivity contribution in [1.82, 2.24) is 0 Å². The first kappa shape index (κ1) is 20.6. The van der Waals surface area contributed by atoms with Crippen molar-refractivity contribution in [3.05, 3.63) is 58.7 Å². The van der Waals surface area contributed by atoms with Crippen LogP contribution in [0.4, 0.5) is 0 Å². The molecule has 6 heteroatoms. The molecule has 2 aromatic carbocycles. The van der Waals surface area contributed by atoms with Crippen LogP contribution in [0, 0.1) is 6.92 Å². The Labute approximate surface area is 165 Å². The van der Waals surface area contributed by atoms with E-state index >= 15 is 0 Å². The Morgan fingerprint density at radius 2 is 1.86 bits per heavy atom. The second-order valence-electron chi connectivity index (χ2n) is 7.17. The lowest BCUT2D eigenvalue weighted by Crippen LogP contribution is -2.33. The molecule has 0 aliphatic carbocycles. The molecule has 0 radical (unpaired) electrons. The highest BCUT2D eigenvalue weighted by Crippen LogP contribution is 2.38. The number of hydrogen-bond acceptors (Lipinski definition) is 6. The maximum atomic E-state index is 10.2. The molecule has 3 rings (SSSR count). The van der Waals surface area contributed by atoms with Crippen LogP contribution in [0.3, 0.4) is 0 Å². The highest BCUT2D eigenvalue weighted by Gasteiger charge is 2.31. The molecule has 0 amide bonds. The van der Waals surface area contributed by atoms with Gasteiger partial charge in [-0.15, -0.1) is 0 Å². The lowest BCUT2D eigenvalue weighted by atomic mass is 9.91. The van der Waals surface area contributed by atoms with Crippen LogP contribution in [0.5, 0.6) is 11.5 Å². The third kappa shape index (κ3) is 4.83. The summed E-state index contributed by atoms with van der Waals surface area (Å²) in [6.45, 7) is 1.58. The van der Waals surface area contributed by atoms with E-state index in [0.717, 1.165) is 34.4 Å². The summed E-state index contributed by atoms with van der Waals surface area (Å²) >= 11 is 0. The molecular weight excluding hydrogens is 360 g/mol. The number of aliphatic hydroxyl groups is 3. The first-order valence-corrected chi connectivity index (χ1v) is 9.48. The van der Waals surface area contributed by atoms with Gasteiger partial charge in [-0.3, -0.25) is 0 Å². The second kappa shape index (κ2) is 9.39. The molecule has 0 saturated carbocycles. The molecule has 3 N–H and O–H groups in total. The largest absolute Gasteiger partial charge is 0.496 e. The van der Waals surface area contributed by atoms with E-state index in [2.05, 4.69) is 6.07 Å². The number of ether oxygens (including phenoxy) is 3.